The number of rotatable bonds is 1. The monoisotopic (exact) mass is 271 g/mol. The second-order valence-electron chi connectivity index (χ2n) is 5.67. The molecule has 1 N–H and O–H groups in total. The minimum atomic E-state index is 1.20. The van der Waals surface area contributed by atoms with Crippen LogP contribution in [-0.2, 0) is 0 Å². The first-order valence-corrected chi connectivity index (χ1v) is 7.32. The van der Waals surface area contributed by atoms with Gasteiger partial charge in [0, 0.05) is 21.8 Å². The van der Waals surface area contributed by atoms with Gasteiger partial charge < -0.3 is 4.98 Å². The largest absolute Gasteiger partial charge is 0.354 e. The highest BCUT2D eigenvalue weighted by molar-refractivity contribution is 6.15. The maximum atomic E-state index is 3.53. The Morgan fingerprint density at radius 2 is 1.43 bits per heavy atom. The topological polar surface area (TPSA) is 15.8 Å². The highest BCUT2D eigenvalue weighted by atomic mass is 14.7. The third-order valence-corrected chi connectivity index (χ3v) is 4.29. The Hall–Kier alpha value is -2.54. The van der Waals surface area contributed by atoms with E-state index >= 15 is 0 Å². The van der Waals surface area contributed by atoms with Gasteiger partial charge in [-0.2, -0.15) is 0 Å². The summed E-state index contributed by atoms with van der Waals surface area (Å²) in [6, 6.07) is 21.6. The number of aromatic nitrogens is 1. The van der Waals surface area contributed by atoms with E-state index in [0.717, 1.165) is 0 Å². The Balaban J connectivity index is 2.22. The summed E-state index contributed by atoms with van der Waals surface area (Å²) in [7, 11) is 0. The van der Waals surface area contributed by atoms with Crippen LogP contribution in [0.25, 0.3) is 32.9 Å². The van der Waals surface area contributed by atoms with Gasteiger partial charge in [-0.25, -0.2) is 0 Å². The Labute approximate surface area is 124 Å². The highest BCUT2D eigenvalue weighted by Crippen LogP contribution is 2.37. The fourth-order valence-electron chi connectivity index (χ4n) is 3.25. The zero-order valence-corrected chi connectivity index (χ0v) is 12.3. The van der Waals surface area contributed by atoms with Gasteiger partial charge in [-0.1, -0.05) is 48.5 Å². The summed E-state index contributed by atoms with van der Waals surface area (Å²) in [5.41, 5.74) is 7.72. The van der Waals surface area contributed by atoms with Crippen LogP contribution >= 0.6 is 0 Å². The van der Waals surface area contributed by atoms with Crippen LogP contribution < -0.4 is 0 Å². The number of benzene rings is 3. The van der Waals surface area contributed by atoms with E-state index in [1.807, 2.05) is 0 Å². The molecule has 4 rings (SSSR count). The van der Waals surface area contributed by atoms with Crippen molar-refractivity contribution in [3.05, 3.63) is 71.8 Å². The van der Waals surface area contributed by atoms with E-state index in [1.165, 1.54) is 44.1 Å². The smallest absolute Gasteiger partial charge is 0.0471 e. The first-order valence-electron chi connectivity index (χ1n) is 7.32. The zero-order chi connectivity index (χ0) is 14.4. The lowest BCUT2D eigenvalue weighted by atomic mass is 9.92. The molecule has 0 spiro atoms. The van der Waals surface area contributed by atoms with Crippen molar-refractivity contribution in [2.75, 3.05) is 0 Å². The first-order chi connectivity index (χ1) is 10.3. The molecule has 21 heavy (non-hydrogen) atoms. The lowest BCUT2D eigenvalue weighted by Gasteiger charge is -2.11. The Bertz CT molecular complexity index is 960. The zero-order valence-electron chi connectivity index (χ0n) is 12.3. The molecule has 0 saturated heterocycles. The standard InChI is InChI=1S/C20H17N/c1-13-7-3-4-8-15(13)19-14(2)11-12-18-20(19)16-9-5-6-10-17(16)21-18/h3-12,21H,1-2H3. The molecule has 0 aliphatic carbocycles. The number of hydrogen-bond donors (Lipinski definition) is 1. The third-order valence-electron chi connectivity index (χ3n) is 4.29. The van der Waals surface area contributed by atoms with Crippen LogP contribution in [0, 0.1) is 13.8 Å². The molecule has 0 unspecified atom stereocenters. The summed E-state index contributed by atoms with van der Waals surface area (Å²) in [5, 5.41) is 2.63. The summed E-state index contributed by atoms with van der Waals surface area (Å²) in [6.45, 7) is 4.38. The number of hydrogen-bond acceptors (Lipinski definition) is 0. The van der Waals surface area contributed by atoms with Gasteiger partial charge in [0.1, 0.15) is 0 Å². The fourth-order valence-corrected chi connectivity index (χ4v) is 3.25. The molecule has 0 bridgehead atoms. The van der Waals surface area contributed by atoms with Crippen molar-refractivity contribution in [3.63, 3.8) is 0 Å². The summed E-state index contributed by atoms with van der Waals surface area (Å²) in [6.07, 6.45) is 0. The SMILES string of the molecule is Cc1ccccc1-c1c(C)ccc2[nH]c3ccccc3c12. The van der Waals surface area contributed by atoms with Crippen molar-refractivity contribution >= 4 is 21.8 Å². The number of H-pyrrole nitrogens is 1. The summed E-state index contributed by atoms with van der Waals surface area (Å²) < 4.78 is 0. The molecule has 0 aliphatic rings. The van der Waals surface area contributed by atoms with Crippen LogP contribution in [0.1, 0.15) is 11.1 Å². The molecular formula is C20H17N. The van der Waals surface area contributed by atoms with Gasteiger partial charge in [0.15, 0.2) is 0 Å². The van der Waals surface area contributed by atoms with E-state index < -0.39 is 0 Å². The van der Waals surface area contributed by atoms with Crippen molar-refractivity contribution in [1.82, 2.24) is 4.98 Å². The minimum absolute atomic E-state index is 1.20. The number of para-hydroxylation sites is 1. The van der Waals surface area contributed by atoms with Crippen molar-refractivity contribution in [2.24, 2.45) is 0 Å². The Morgan fingerprint density at radius 1 is 0.667 bits per heavy atom. The molecule has 4 aromatic rings. The minimum Gasteiger partial charge on any atom is -0.354 e. The maximum absolute atomic E-state index is 3.53. The summed E-state index contributed by atoms with van der Waals surface area (Å²) in [4.78, 5) is 3.53. The lowest BCUT2D eigenvalue weighted by Crippen LogP contribution is -1.88. The van der Waals surface area contributed by atoms with E-state index in [-0.39, 0.29) is 0 Å². The van der Waals surface area contributed by atoms with Gasteiger partial charge in [0.05, 0.1) is 0 Å². The van der Waals surface area contributed by atoms with Crippen LogP contribution in [-0.4, -0.2) is 4.98 Å². The molecule has 0 saturated carbocycles. The lowest BCUT2D eigenvalue weighted by molar-refractivity contribution is 1.42. The Morgan fingerprint density at radius 3 is 2.29 bits per heavy atom. The molecule has 0 radical (unpaired) electrons. The second kappa shape index (κ2) is 4.49. The van der Waals surface area contributed by atoms with Gasteiger partial charge in [0.25, 0.3) is 0 Å². The average Bonchev–Trinajstić information content (AvgIpc) is 2.87. The molecule has 0 atom stereocenters. The van der Waals surface area contributed by atoms with Gasteiger partial charge in [-0.3, -0.25) is 0 Å². The third kappa shape index (κ3) is 1.78. The van der Waals surface area contributed by atoms with Crippen LogP contribution in [0.15, 0.2) is 60.7 Å². The predicted octanol–water partition coefficient (Wildman–Crippen LogP) is 5.60. The normalized spacial score (nSPS) is 11.3. The predicted molar refractivity (Wildman–Crippen MR) is 90.7 cm³/mol. The van der Waals surface area contributed by atoms with Crippen molar-refractivity contribution < 1.29 is 0 Å². The fraction of sp³-hybridized carbons (Fsp3) is 0.100. The van der Waals surface area contributed by atoms with E-state index in [1.54, 1.807) is 0 Å². The number of fused-ring (bicyclic) bond motifs is 3. The van der Waals surface area contributed by atoms with Gasteiger partial charge in [-0.15, -0.1) is 0 Å². The van der Waals surface area contributed by atoms with Crippen molar-refractivity contribution in [2.45, 2.75) is 13.8 Å². The molecule has 3 aromatic carbocycles. The van der Waals surface area contributed by atoms with E-state index in [2.05, 4.69) is 79.5 Å². The molecule has 0 aliphatic heterocycles. The van der Waals surface area contributed by atoms with E-state index in [0.29, 0.717) is 0 Å². The number of aromatic amines is 1. The second-order valence-corrected chi connectivity index (χ2v) is 5.67. The molecule has 0 amide bonds. The molecule has 102 valence electrons. The first kappa shape index (κ1) is 12.2. The van der Waals surface area contributed by atoms with E-state index in [9.17, 15) is 0 Å². The van der Waals surface area contributed by atoms with Crippen LogP contribution in [0.3, 0.4) is 0 Å². The highest BCUT2D eigenvalue weighted by Gasteiger charge is 2.13. The van der Waals surface area contributed by atoms with Crippen molar-refractivity contribution in [1.29, 1.82) is 0 Å². The molecule has 0 fully saturated rings. The maximum Gasteiger partial charge on any atom is 0.0471 e. The molecule has 1 heteroatoms. The van der Waals surface area contributed by atoms with E-state index in [4.69, 9.17) is 0 Å². The quantitative estimate of drug-likeness (QED) is 0.463. The number of aryl methyl sites for hydroxylation is 2. The van der Waals surface area contributed by atoms with Gasteiger partial charge in [0.2, 0.25) is 0 Å². The summed E-state index contributed by atoms with van der Waals surface area (Å²) in [5.74, 6) is 0. The Kier molecular flexibility index (Phi) is 2.61. The van der Waals surface area contributed by atoms with Gasteiger partial charge in [-0.05, 0) is 48.2 Å². The molecule has 1 heterocycles. The van der Waals surface area contributed by atoms with Crippen LogP contribution in [0.4, 0.5) is 0 Å². The molecule has 1 nitrogen and oxygen atoms in total. The summed E-state index contributed by atoms with van der Waals surface area (Å²) >= 11 is 0. The molecule has 1 aromatic heterocycles. The van der Waals surface area contributed by atoms with Crippen LogP contribution in [0.5, 0.6) is 0 Å². The molecular weight excluding hydrogens is 254 g/mol. The average molecular weight is 271 g/mol. The van der Waals surface area contributed by atoms with Crippen LogP contribution in [0.2, 0.25) is 0 Å². The van der Waals surface area contributed by atoms with Gasteiger partial charge >= 0.3 is 0 Å². The van der Waals surface area contributed by atoms with Crippen molar-refractivity contribution in [3.8, 4) is 11.1 Å². The number of nitrogens with one attached hydrogen (secondary N) is 1.